The molecule has 4 rings (SSSR count). The highest BCUT2D eigenvalue weighted by molar-refractivity contribution is 5.94. The van der Waals surface area contributed by atoms with Gasteiger partial charge < -0.3 is 4.90 Å². The first kappa shape index (κ1) is 15.2. The second-order valence-electron chi connectivity index (χ2n) is 7.68. The van der Waals surface area contributed by atoms with Crippen molar-refractivity contribution in [1.29, 1.82) is 0 Å². The SMILES string of the molecule is O=C1CCCN1CC(=O)N1N=C2CCCCC2C12CCCCC2. The van der Waals surface area contributed by atoms with Crippen LogP contribution in [0.25, 0.3) is 0 Å². The largest absolute Gasteiger partial charge is 0.333 e. The zero-order chi connectivity index (χ0) is 15.9. The van der Waals surface area contributed by atoms with Crippen molar-refractivity contribution in [3.8, 4) is 0 Å². The number of likely N-dealkylation sites (tertiary alicyclic amines) is 1. The van der Waals surface area contributed by atoms with E-state index in [9.17, 15) is 9.59 Å². The summed E-state index contributed by atoms with van der Waals surface area (Å²) in [7, 11) is 0. The van der Waals surface area contributed by atoms with Crippen molar-refractivity contribution in [3.05, 3.63) is 0 Å². The first-order valence-electron chi connectivity index (χ1n) is 9.39. The number of hydrogen-bond donors (Lipinski definition) is 0. The van der Waals surface area contributed by atoms with Gasteiger partial charge in [0.15, 0.2) is 0 Å². The second kappa shape index (κ2) is 5.91. The standard InChI is InChI=1S/C18H27N3O2/c22-16-9-6-12-20(16)13-17(23)21-18(10-4-1-5-11-18)14-7-2-3-8-15(14)19-21/h14H,1-13H2. The molecule has 0 radical (unpaired) electrons. The van der Waals surface area contributed by atoms with Gasteiger partial charge in [-0.05, 0) is 38.5 Å². The lowest BCUT2D eigenvalue weighted by Gasteiger charge is -2.44. The molecule has 3 fully saturated rings. The van der Waals surface area contributed by atoms with E-state index in [-0.39, 0.29) is 23.9 Å². The summed E-state index contributed by atoms with van der Waals surface area (Å²) in [6, 6.07) is 0. The summed E-state index contributed by atoms with van der Waals surface area (Å²) in [6.45, 7) is 0.954. The summed E-state index contributed by atoms with van der Waals surface area (Å²) in [5, 5.41) is 6.67. The molecule has 1 unspecified atom stereocenters. The molecule has 0 bridgehead atoms. The normalized spacial score (nSPS) is 29.8. The van der Waals surface area contributed by atoms with Crippen LogP contribution in [0.15, 0.2) is 5.10 Å². The average Bonchev–Trinajstić information content (AvgIpc) is 3.11. The number of amides is 2. The fraction of sp³-hybridized carbons (Fsp3) is 0.833. The minimum atomic E-state index is -0.0616. The van der Waals surface area contributed by atoms with Crippen LogP contribution in [0.2, 0.25) is 0 Å². The molecule has 1 spiro atoms. The van der Waals surface area contributed by atoms with Gasteiger partial charge in [-0.15, -0.1) is 0 Å². The quantitative estimate of drug-likeness (QED) is 0.786. The number of carbonyl (C=O) groups is 2. The van der Waals surface area contributed by atoms with Crippen LogP contribution in [0.5, 0.6) is 0 Å². The Bertz CT molecular complexity index is 536. The van der Waals surface area contributed by atoms with Crippen molar-refractivity contribution in [2.24, 2.45) is 11.0 Å². The molecule has 2 aliphatic heterocycles. The molecule has 4 aliphatic rings. The molecule has 2 saturated carbocycles. The van der Waals surface area contributed by atoms with Crippen LogP contribution >= 0.6 is 0 Å². The molecular formula is C18H27N3O2. The van der Waals surface area contributed by atoms with Crippen molar-refractivity contribution in [3.63, 3.8) is 0 Å². The van der Waals surface area contributed by atoms with Crippen LogP contribution in [0, 0.1) is 5.92 Å². The lowest BCUT2D eigenvalue weighted by atomic mass is 9.67. The van der Waals surface area contributed by atoms with E-state index < -0.39 is 0 Å². The molecule has 0 aromatic heterocycles. The van der Waals surface area contributed by atoms with Gasteiger partial charge in [-0.1, -0.05) is 25.7 Å². The Hall–Kier alpha value is -1.39. The minimum Gasteiger partial charge on any atom is -0.333 e. The summed E-state index contributed by atoms with van der Waals surface area (Å²) < 4.78 is 0. The Labute approximate surface area is 138 Å². The molecule has 2 amide bonds. The summed E-state index contributed by atoms with van der Waals surface area (Å²) >= 11 is 0. The van der Waals surface area contributed by atoms with Crippen LogP contribution in [0.4, 0.5) is 0 Å². The predicted molar refractivity (Wildman–Crippen MR) is 87.9 cm³/mol. The van der Waals surface area contributed by atoms with Gasteiger partial charge in [-0.2, -0.15) is 5.10 Å². The Morgan fingerprint density at radius 2 is 1.91 bits per heavy atom. The van der Waals surface area contributed by atoms with Crippen molar-refractivity contribution in [1.82, 2.24) is 9.91 Å². The molecule has 0 N–H and O–H groups in total. The van der Waals surface area contributed by atoms with Gasteiger partial charge in [0.1, 0.15) is 6.54 Å². The van der Waals surface area contributed by atoms with Gasteiger partial charge in [0.25, 0.3) is 5.91 Å². The topological polar surface area (TPSA) is 53.0 Å². The molecule has 126 valence electrons. The molecule has 1 saturated heterocycles. The summed E-state index contributed by atoms with van der Waals surface area (Å²) in [4.78, 5) is 26.6. The Morgan fingerprint density at radius 1 is 1.09 bits per heavy atom. The third-order valence-electron chi connectivity index (χ3n) is 6.33. The summed E-state index contributed by atoms with van der Waals surface area (Å²) in [5.41, 5.74) is 1.20. The van der Waals surface area contributed by atoms with Crippen LogP contribution in [-0.2, 0) is 9.59 Å². The van der Waals surface area contributed by atoms with Crippen molar-refractivity contribution in [2.45, 2.75) is 76.2 Å². The maximum Gasteiger partial charge on any atom is 0.262 e. The predicted octanol–water partition coefficient (Wildman–Crippen LogP) is 2.70. The van der Waals surface area contributed by atoms with Crippen molar-refractivity contribution in [2.75, 3.05) is 13.1 Å². The fourth-order valence-electron chi connectivity index (χ4n) is 5.20. The summed E-state index contributed by atoms with van der Waals surface area (Å²) in [5.74, 6) is 0.652. The van der Waals surface area contributed by atoms with E-state index >= 15 is 0 Å². The second-order valence-corrected chi connectivity index (χ2v) is 7.68. The molecule has 23 heavy (non-hydrogen) atoms. The van der Waals surface area contributed by atoms with Crippen LogP contribution in [0.3, 0.4) is 0 Å². The van der Waals surface area contributed by atoms with E-state index in [0.717, 1.165) is 32.2 Å². The van der Waals surface area contributed by atoms with Gasteiger partial charge in [0.05, 0.1) is 5.54 Å². The third kappa shape index (κ3) is 2.48. The Morgan fingerprint density at radius 3 is 2.65 bits per heavy atom. The van der Waals surface area contributed by atoms with Crippen molar-refractivity contribution >= 4 is 17.5 Å². The van der Waals surface area contributed by atoms with Crippen LogP contribution in [-0.4, -0.2) is 46.1 Å². The molecule has 1 atom stereocenters. The van der Waals surface area contributed by atoms with Crippen molar-refractivity contribution < 1.29 is 9.59 Å². The van der Waals surface area contributed by atoms with Gasteiger partial charge in [0.2, 0.25) is 5.91 Å². The van der Waals surface area contributed by atoms with E-state index in [1.807, 2.05) is 5.01 Å². The average molecular weight is 317 g/mol. The minimum absolute atomic E-state index is 0.0454. The van der Waals surface area contributed by atoms with E-state index in [2.05, 4.69) is 0 Å². The maximum atomic E-state index is 13.0. The van der Waals surface area contributed by atoms with E-state index in [1.54, 1.807) is 4.90 Å². The van der Waals surface area contributed by atoms with Gasteiger partial charge in [0, 0.05) is 24.6 Å². The first-order chi connectivity index (χ1) is 11.2. The molecule has 5 nitrogen and oxygen atoms in total. The molecule has 0 aromatic rings. The molecule has 2 aliphatic carbocycles. The first-order valence-corrected chi connectivity index (χ1v) is 9.39. The number of nitrogens with zero attached hydrogens (tertiary/aromatic N) is 3. The van der Waals surface area contributed by atoms with E-state index in [0.29, 0.717) is 12.3 Å². The van der Waals surface area contributed by atoms with E-state index in [1.165, 1.54) is 44.2 Å². The zero-order valence-electron chi connectivity index (χ0n) is 13.9. The highest BCUT2D eigenvalue weighted by atomic mass is 16.2. The van der Waals surface area contributed by atoms with Gasteiger partial charge in [-0.25, -0.2) is 5.01 Å². The summed E-state index contributed by atoms with van der Waals surface area (Å²) in [6.07, 6.45) is 12.0. The smallest absolute Gasteiger partial charge is 0.262 e. The highest BCUT2D eigenvalue weighted by Crippen LogP contribution is 2.48. The number of fused-ring (bicyclic) bond motifs is 2. The Kier molecular flexibility index (Phi) is 3.90. The fourth-order valence-corrected chi connectivity index (χ4v) is 5.20. The lowest BCUT2D eigenvalue weighted by Crippen LogP contribution is -2.54. The molecule has 0 aromatic carbocycles. The van der Waals surface area contributed by atoms with Crippen LogP contribution < -0.4 is 0 Å². The van der Waals surface area contributed by atoms with E-state index in [4.69, 9.17) is 5.10 Å². The molecular weight excluding hydrogens is 290 g/mol. The third-order valence-corrected chi connectivity index (χ3v) is 6.33. The Balaban J connectivity index is 1.58. The van der Waals surface area contributed by atoms with Gasteiger partial charge in [-0.3, -0.25) is 9.59 Å². The number of rotatable bonds is 2. The molecule has 5 heteroatoms. The van der Waals surface area contributed by atoms with Gasteiger partial charge >= 0.3 is 0 Å². The number of hydrogen-bond acceptors (Lipinski definition) is 3. The molecule has 2 heterocycles. The highest BCUT2D eigenvalue weighted by Gasteiger charge is 2.53. The maximum absolute atomic E-state index is 13.0. The zero-order valence-corrected chi connectivity index (χ0v) is 13.9. The monoisotopic (exact) mass is 317 g/mol. The van der Waals surface area contributed by atoms with Crippen LogP contribution in [0.1, 0.15) is 70.6 Å². The number of hydrazone groups is 1. The number of carbonyl (C=O) groups excluding carboxylic acids is 2. The lowest BCUT2D eigenvalue weighted by molar-refractivity contribution is -0.144.